The zero-order valence-electron chi connectivity index (χ0n) is 14.6. The normalized spacial score (nSPS) is 11.5. The number of carbonyl (C=O) groups excluding carboxylic acids is 2. The van der Waals surface area contributed by atoms with Crippen LogP contribution in [0.5, 0.6) is 11.5 Å². The first-order valence-corrected chi connectivity index (χ1v) is 7.56. The average Bonchev–Trinajstić information content (AvgIpc) is 3.06. The lowest BCUT2D eigenvalue weighted by Crippen LogP contribution is -2.30. The van der Waals surface area contributed by atoms with Gasteiger partial charge in [0.25, 0.3) is 5.91 Å². The molecule has 0 radical (unpaired) electrons. The standard InChI is InChI=1S/C17H21N3O5/c1-20-10-12(9-18-20)17(22)19-13(8-16(21)25-4)11-5-6-14(23-2)15(7-11)24-3/h5-7,9-10,13H,8H2,1-4H3,(H,19,22). The molecule has 0 aliphatic carbocycles. The van der Waals surface area contributed by atoms with E-state index >= 15 is 0 Å². The van der Waals surface area contributed by atoms with Gasteiger partial charge in [-0.1, -0.05) is 6.07 Å². The van der Waals surface area contributed by atoms with Gasteiger partial charge in [-0.05, 0) is 17.7 Å². The lowest BCUT2D eigenvalue weighted by Gasteiger charge is -2.19. The summed E-state index contributed by atoms with van der Waals surface area (Å²) in [6, 6.07) is 4.61. The number of nitrogens with zero attached hydrogens (tertiary/aromatic N) is 2. The molecule has 0 fully saturated rings. The minimum absolute atomic E-state index is 0.0159. The zero-order valence-corrected chi connectivity index (χ0v) is 14.6. The Morgan fingerprint density at radius 1 is 1.20 bits per heavy atom. The average molecular weight is 347 g/mol. The van der Waals surface area contributed by atoms with E-state index in [1.165, 1.54) is 32.2 Å². The molecule has 8 nitrogen and oxygen atoms in total. The van der Waals surface area contributed by atoms with Crippen LogP contribution in [0.3, 0.4) is 0 Å². The molecule has 134 valence electrons. The van der Waals surface area contributed by atoms with Crippen LogP contribution >= 0.6 is 0 Å². The summed E-state index contributed by atoms with van der Waals surface area (Å²) in [5.41, 5.74) is 1.10. The molecule has 1 aromatic carbocycles. The van der Waals surface area contributed by atoms with Crippen LogP contribution in [-0.2, 0) is 16.6 Å². The second-order valence-corrected chi connectivity index (χ2v) is 5.32. The van der Waals surface area contributed by atoms with E-state index in [0.29, 0.717) is 22.6 Å². The number of nitrogens with one attached hydrogen (secondary N) is 1. The third kappa shape index (κ3) is 4.50. The fraction of sp³-hybridized carbons (Fsp3) is 0.353. The Labute approximate surface area is 145 Å². The van der Waals surface area contributed by atoms with Gasteiger partial charge in [-0.15, -0.1) is 0 Å². The molecular weight excluding hydrogens is 326 g/mol. The molecule has 25 heavy (non-hydrogen) atoms. The van der Waals surface area contributed by atoms with Crippen molar-refractivity contribution in [3.63, 3.8) is 0 Å². The van der Waals surface area contributed by atoms with Gasteiger partial charge in [-0.25, -0.2) is 0 Å². The number of carbonyl (C=O) groups is 2. The molecule has 0 spiro atoms. The van der Waals surface area contributed by atoms with Gasteiger partial charge in [0.2, 0.25) is 0 Å². The minimum Gasteiger partial charge on any atom is -0.493 e. The minimum atomic E-state index is -0.583. The molecule has 0 saturated heterocycles. The predicted molar refractivity (Wildman–Crippen MR) is 89.6 cm³/mol. The number of aromatic nitrogens is 2. The molecule has 1 unspecified atom stereocenters. The van der Waals surface area contributed by atoms with Crippen molar-refractivity contribution >= 4 is 11.9 Å². The molecule has 0 bridgehead atoms. The summed E-state index contributed by atoms with van der Waals surface area (Å²) in [6.07, 6.45) is 3.04. The van der Waals surface area contributed by atoms with Crippen molar-refractivity contribution in [2.75, 3.05) is 21.3 Å². The molecule has 1 N–H and O–H groups in total. The third-order valence-electron chi connectivity index (χ3n) is 3.68. The second kappa shape index (κ2) is 8.18. The van der Waals surface area contributed by atoms with Crippen LogP contribution in [0, 0.1) is 0 Å². The number of esters is 1. The Morgan fingerprint density at radius 3 is 2.48 bits per heavy atom. The molecule has 1 heterocycles. The molecular formula is C17H21N3O5. The molecule has 2 aromatic rings. The van der Waals surface area contributed by atoms with Crippen molar-refractivity contribution in [1.29, 1.82) is 0 Å². The summed E-state index contributed by atoms with van der Waals surface area (Å²) in [7, 11) is 6.08. The molecule has 1 aromatic heterocycles. The number of rotatable bonds is 7. The Balaban J connectivity index is 2.29. The molecule has 1 atom stereocenters. The lowest BCUT2D eigenvalue weighted by atomic mass is 10.0. The predicted octanol–water partition coefficient (Wildman–Crippen LogP) is 1.47. The highest BCUT2D eigenvalue weighted by atomic mass is 16.5. The van der Waals surface area contributed by atoms with Crippen LogP contribution in [0.25, 0.3) is 0 Å². The maximum Gasteiger partial charge on any atom is 0.307 e. The number of benzene rings is 1. The Hall–Kier alpha value is -3.03. The van der Waals surface area contributed by atoms with E-state index < -0.39 is 12.0 Å². The Morgan fingerprint density at radius 2 is 1.92 bits per heavy atom. The van der Waals surface area contributed by atoms with Gasteiger partial charge in [0.1, 0.15) is 0 Å². The second-order valence-electron chi connectivity index (χ2n) is 5.32. The highest BCUT2D eigenvalue weighted by Gasteiger charge is 2.21. The molecule has 0 aliphatic heterocycles. The number of amides is 1. The van der Waals surface area contributed by atoms with Crippen molar-refractivity contribution in [3.8, 4) is 11.5 Å². The first-order chi connectivity index (χ1) is 12.0. The van der Waals surface area contributed by atoms with Gasteiger partial charge in [-0.3, -0.25) is 14.3 Å². The molecule has 1 amide bonds. The molecule has 0 aliphatic rings. The van der Waals surface area contributed by atoms with Crippen LogP contribution in [0.1, 0.15) is 28.4 Å². The topological polar surface area (TPSA) is 91.7 Å². The van der Waals surface area contributed by atoms with Crippen LogP contribution in [0.15, 0.2) is 30.6 Å². The van der Waals surface area contributed by atoms with E-state index in [1.54, 1.807) is 31.4 Å². The summed E-state index contributed by atoms with van der Waals surface area (Å²) in [5, 5.41) is 6.80. The summed E-state index contributed by atoms with van der Waals surface area (Å²) in [4.78, 5) is 24.2. The Kier molecular flexibility index (Phi) is 5.99. The van der Waals surface area contributed by atoms with Gasteiger partial charge in [0.05, 0.1) is 45.6 Å². The number of aryl methyl sites for hydroxylation is 1. The van der Waals surface area contributed by atoms with Gasteiger partial charge >= 0.3 is 5.97 Å². The largest absolute Gasteiger partial charge is 0.493 e. The molecule has 8 heteroatoms. The van der Waals surface area contributed by atoms with Gasteiger partial charge in [0, 0.05) is 13.2 Å². The summed E-state index contributed by atoms with van der Waals surface area (Å²) >= 11 is 0. The van der Waals surface area contributed by atoms with Crippen LogP contribution < -0.4 is 14.8 Å². The SMILES string of the molecule is COC(=O)CC(NC(=O)c1cnn(C)c1)c1ccc(OC)c(OC)c1. The highest BCUT2D eigenvalue weighted by molar-refractivity contribution is 5.94. The smallest absolute Gasteiger partial charge is 0.307 e. The zero-order chi connectivity index (χ0) is 18.4. The molecule has 0 saturated carbocycles. The van der Waals surface area contributed by atoms with Crippen molar-refractivity contribution in [2.24, 2.45) is 7.05 Å². The van der Waals surface area contributed by atoms with Crippen molar-refractivity contribution in [2.45, 2.75) is 12.5 Å². The lowest BCUT2D eigenvalue weighted by molar-refractivity contribution is -0.141. The summed E-state index contributed by atoms with van der Waals surface area (Å²) < 4.78 is 16.8. The van der Waals surface area contributed by atoms with Crippen LogP contribution in [-0.4, -0.2) is 43.0 Å². The van der Waals surface area contributed by atoms with E-state index in [-0.39, 0.29) is 12.3 Å². The number of hydrogen-bond donors (Lipinski definition) is 1. The van der Waals surface area contributed by atoms with E-state index in [1.807, 2.05) is 0 Å². The van der Waals surface area contributed by atoms with E-state index in [9.17, 15) is 9.59 Å². The van der Waals surface area contributed by atoms with Crippen molar-refractivity contribution in [1.82, 2.24) is 15.1 Å². The van der Waals surface area contributed by atoms with E-state index in [0.717, 1.165) is 0 Å². The third-order valence-corrected chi connectivity index (χ3v) is 3.68. The van der Waals surface area contributed by atoms with Gasteiger partial charge in [-0.2, -0.15) is 5.10 Å². The number of ether oxygens (including phenoxy) is 3. The van der Waals surface area contributed by atoms with E-state index in [4.69, 9.17) is 14.2 Å². The van der Waals surface area contributed by atoms with Crippen molar-refractivity contribution in [3.05, 3.63) is 41.7 Å². The van der Waals surface area contributed by atoms with E-state index in [2.05, 4.69) is 10.4 Å². The fourth-order valence-corrected chi connectivity index (χ4v) is 2.35. The highest BCUT2D eigenvalue weighted by Crippen LogP contribution is 2.31. The van der Waals surface area contributed by atoms with Gasteiger partial charge in [0.15, 0.2) is 11.5 Å². The van der Waals surface area contributed by atoms with Gasteiger partial charge < -0.3 is 19.5 Å². The number of hydrogen-bond acceptors (Lipinski definition) is 6. The first-order valence-electron chi connectivity index (χ1n) is 7.56. The van der Waals surface area contributed by atoms with Crippen molar-refractivity contribution < 1.29 is 23.8 Å². The maximum absolute atomic E-state index is 12.4. The monoisotopic (exact) mass is 347 g/mol. The summed E-state index contributed by atoms with van der Waals surface area (Å²) in [5.74, 6) is 0.287. The van der Waals surface area contributed by atoms with Crippen LogP contribution in [0.2, 0.25) is 0 Å². The van der Waals surface area contributed by atoms with Crippen LogP contribution in [0.4, 0.5) is 0 Å². The molecule has 2 rings (SSSR count). The first kappa shape index (κ1) is 18.3. The maximum atomic E-state index is 12.4. The fourth-order valence-electron chi connectivity index (χ4n) is 2.35. The summed E-state index contributed by atoms with van der Waals surface area (Å²) in [6.45, 7) is 0. The Bertz CT molecular complexity index is 756. The number of methoxy groups -OCH3 is 3. The quantitative estimate of drug-likeness (QED) is 0.763.